The summed E-state index contributed by atoms with van der Waals surface area (Å²) in [4.78, 5) is 14.0. The van der Waals surface area contributed by atoms with Crippen molar-refractivity contribution in [3.8, 4) is 0 Å². The monoisotopic (exact) mass is 228 g/mol. The molecule has 3 nitrogen and oxygen atoms in total. The summed E-state index contributed by atoms with van der Waals surface area (Å²) in [5.74, 6) is 2.20. The maximum Gasteiger partial charge on any atom is 0.241 e. The Morgan fingerprint density at radius 2 is 2.47 bits per heavy atom. The molecule has 0 saturated carbocycles. The summed E-state index contributed by atoms with van der Waals surface area (Å²) in [6.45, 7) is 9.34. The minimum atomic E-state index is -0.00824. The summed E-state index contributed by atoms with van der Waals surface area (Å²) in [6, 6.07) is 0.232. The molecule has 0 aromatic rings. The van der Waals surface area contributed by atoms with E-state index in [-0.39, 0.29) is 18.0 Å². The van der Waals surface area contributed by atoms with E-state index in [0.29, 0.717) is 6.54 Å². The zero-order chi connectivity index (χ0) is 11.3. The van der Waals surface area contributed by atoms with Crippen LogP contribution in [0.4, 0.5) is 0 Å². The molecular weight excluding hydrogens is 208 g/mol. The molecule has 0 radical (unpaired) electrons. The van der Waals surface area contributed by atoms with Gasteiger partial charge in [0.1, 0.15) is 0 Å². The largest absolute Gasteiger partial charge is 0.335 e. The third-order valence-electron chi connectivity index (χ3n) is 2.45. The van der Waals surface area contributed by atoms with Crippen molar-refractivity contribution in [2.75, 3.05) is 24.6 Å². The number of carbonyl (C=O) groups is 1. The standard InChI is InChI=1S/C11H20N2OS/c1-4-6-13(9(2)3)11(14)10-8-15-7-5-12-10/h4,9-10,12H,1,5-8H2,2-3H3. The van der Waals surface area contributed by atoms with Crippen molar-refractivity contribution < 1.29 is 4.79 Å². The molecule has 1 amide bonds. The van der Waals surface area contributed by atoms with Crippen LogP contribution in [0.5, 0.6) is 0 Å². The van der Waals surface area contributed by atoms with Crippen molar-refractivity contribution in [2.24, 2.45) is 0 Å². The Morgan fingerprint density at radius 1 is 1.73 bits per heavy atom. The van der Waals surface area contributed by atoms with Crippen molar-refractivity contribution in [3.63, 3.8) is 0 Å². The van der Waals surface area contributed by atoms with Crippen LogP contribution in [0.2, 0.25) is 0 Å². The topological polar surface area (TPSA) is 32.3 Å². The Morgan fingerprint density at radius 3 is 2.93 bits per heavy atom. The Hall–Kier alpha value is -0.480. The summed E-state index contributed by atoms with van der Waals surface area (Å²) in [5.41, 5.74) is 0. The van der Waals surface area contributed by atoms with E-state index in [0.717, 1.165) is 18.1 Å². The Labute approximate surface area is 96.3 Å². The Kier molecular flexibility index (Phi) is 5.19. The van der Waals surface area contributed by atoms with Gasteiger partial charge in [-0.1, -0.05) is 6.08 Å². The van der Waals surface area contributed by atoms with E-state index in [9.17, 15) is 4.79 Å². The van der Waals surface area contributed by atoms with Crippen LogP contribution in [-0.2, 0) is 4.79 Å². The third kappa shape index (κ3) is 3.54. The van der Waals surface area contributed by atoms with Crippen LogP contribution in [0.15, 0.2) is 12.7 Å². The first kappa shape index (κ1) is 12.6. The second-order valence-electron chi connectivity index (χ2n) is 3.95. The minimum absolute atomic E-state index is 0.00824. The van der Waals surface area contributed by atoms with Gasteiger partial charge in [0, 0.05) is 30.6 Å². The van der Waals surface area contributed by atoms with Crippen LogP contribution < -0.4 is 5.32 Å². The molecule has 4 heteroatoms. The Bertz CT molecular complexity index is 225. The summed E-state index contributed by atoms with van der Waals surface area (Å²) in [7, 11) is 0. The number of rotatable bonds is 4. The highest BCUT2D eigenvalue weighted by molar-refractivity contribution is 7.99. The molecule has 1 saturated heterocycles. The lowest BCUT2D eigenvalue weighted by molar-refractivity contribution is -0.134. The predicted molar refractivity (Wildman–Crippen MR) is 66.2 cm³/mol. The number of hydrogen-bond donors (Lipinski definition) is 1. The van der Waals surface area contributed by atoms with Gasteiger partial charge >= 0.3 is 0 Å². The van der Waals surface area contributed by atoms with Crippen molar-refractivity contribution in [1.29, 1.82) is 0 Å². The van der Waals surface area contributed by atoms with Crippen LogP contribution in [0.1, 0.15) is 13.8 Å². The van der Waals surface area contributed by atoms with Gasteiger partial charge in [-0.3, -0.25) is 4.79 Å². The van der Waals surface area contributed by atoms with Crippen molar-refractivity contribution in [3.05, 3.63) is 12.7 Å². The minimum Gasteiger partial charge on any atom is -0.335 e. The highest BCUT2D eigenvalue weighted by Crippen LogP contribution is 2.11. The number of nitrogens with one attached hydrogen (secondary N) is 1. The maximum absolute atomic E-state index is 12.1. The van der Waals surface area contributed by atoms with E-state index >= 15 is 0 Å². The lowest BCUT2D eigenvalue weighted by Gasteiger charge is -2.31. The van der Waals surface area contributed by atoms with Gasteiger partial charge in [0.2, 0.25) is 5.91 Å². The second kappa shape index (κ2) is 6.18. The predicted octanol–water partition coefficient (Wildman–Crippen LogP) is 1.11. The summed E-state index contributed by atoms with van der Waals surface area (Å²) >= 11 is 1.84. The average Bonchev–Trinajstić information content (AvgIpc) is 2.26. The fourth-order valence-electron chi connectivity index (χ4n) is 1.62. The van der Waals surface area contributed by atoms with Crippen LogP contribution in [-0.4, -0.2) is 47.5 Å². The zero-order valence-electron chi connectivity index (χ0n) is 9.53. The molecule has 1 N–H and O–H groups in total. The maximum atomic E-state index is 12.1. The van der Waals surface area contributed by atoms with Gasteiger partial charge in [0.25, 0.3) is 0 Å². The lowest BCUT2D eigenvalue weighted by atomic mass is 10.2. The quantitative estimate of drug-likeness (QED) is 0.732. The second-order valence-corrected chi connectivity index (χ2v) is 5.10. The van der Waals surface area contributed by atoms with Crippen LogP contribution in [0, 0.1) is 0 Å². The van der Waals surface area contributed by atoms with Gasteiger partial charge < -0.3 is 10.2 Å². The van der Waals surface area contributed by atoms with Crippen LogP contribution in [0.3, 0.4) is 0 Å². The van der Waals surface area contributed by atoms with Crippen LogP contribution in [0.25, 0.3) is 0 Å². The first-order valence-corrected chi connectivity index (χ1v) is 6.54. The molecule has 0 bridgehead atoms. The molecule has 1 heterocycles. The molecular formula is C11H20N2OS. The molecule has 0 aromatic heterocycles. The number of thioether (sulfide) groups is 1. The van der Waals surface area contributed by atoms with E-state index in [1.165, 1.54) is 0 Å². The normalized spacial score (nSPS) is 21.4. The summed E-state index contributed by atoms with van der Waals surface area (Å²) in [5, 5.41) is 3.27. The zero-order valence-corrected chi connectivity index (χ0v) is 10.3. The summed E-state index contributed by atoms with van der Waals surface area (Å²) < 4.78 is 0. The molecule has 1 atom stereocenters. The molecule has 1 unspecified atom stereocenters. The molecule has 1 aliphatic heterocycles. The molecule has 15 heavy (non-hydrogen) atoms. The van der Waals surface area contributed by atoms with Gasteiger partial charge in [0.05, 0.1) is 6.04 Å². The molecule has 1 rings (SSSR count). The number of amides is 1. The lowest BCUT2D eigenvalue weighted by Crippen LogP contribution is -2.52. The molecule has 0 aliphatic carbocycles. The smallest absolute Gasteiger partial charge is 0.241 e. The van der Waals surface area contributed by atoms with E-state index in [2.05, 4.69) is 11.9 Å². The number of carbonyl (C=O) groups excluding carboxylic acids is 1. The van der Waals surface area contributed by atoms with Crippen LogP contribution >= 0.6 is 11.8 Å². The number of hydrogen-bond acceptors (Lipinski definition) is 3. The van der Waals surface area contributed by atoms with Crippen molar-refractivity contribution in [2.45, 2.75) is 25.9 Å². The van der Waals surface area contributed by atoms with Gasteiger partial charge in [-0.15, -0.1) is 6.58 Å². The fraction of sp³-hybridized carbons (Fsp3) is 0.727. The highest BCUT2D eigenvalue weighted by atomic mass is 32.2. The molecule has 1 aliphatic rings. The van der Waals surface area contributed by atoms with E-state index in [1.54, 1.807) is 6.08 Å². The average molecular weight is 228 g/mol. The molecule has 0 aromatic carbocycles. The van der Waals surface area contributed by atoms with E-state index in [1.807, 2.05) is 30.5 Å². The first-order chi connectivity index (χ1) is 7.16. The fourth-order valence-corrected chi connectivity index (χ4v) is 2.54. The molecule has 0 spiro atoms. The van der Waals surface area contributed by atoms with Crippen molar-refractivity contribution >= 4 is 17.7 Å². The number of nitrogens with zero attached hydrogens (tertiary/aromatic N) is 1. The van der Waals surface area contributed by atoms with Gasteiger partial charge in [-0.25, -0.2) is 0 Å². The first-order valence-electron chi connectivity index (χ1n) is 5.39. The van der Waals surface area contributed by atoms with Crippen molar-refractivity contribution in [1.82, 2.24) is 10.2 Å². The molecule has 1 fully saturated rings. The highest BCUT2D eigenvalue weighted by Gasteiger charge is 2.26. The van der Waals surface area contributed by atoms with E-state index in [4.69, 9.17) is 0 Å². The van der Waals surface area contributed by atoms with Gasteiger partial charge in [0.15, 0.2) is 0 Å². The van der Waals surface area contributed by atoms with Gasteiger partial charge in [-0.2, -0.15) is 11.8 Å². The van der Waals surface area contributed by atoms with E-state index < -0.39 is 0 Å². The van der Waals surface area contributed by atoms with Gasteiger partial charge in [-0.05, 0) is 13.8 Å². The molecule has 86 valence electrons. The third-order valence-corrected chi connectivity index (χ3v) is 3.51. The SMILES string of the molecule is C=CCN(C(=O)C1CSCCN1)C(C)C. The Balaban J connectivity index is 2.57. The summed E-state index contributed by atoms with van der Waals surface area (Å²) in [6.07, 6.45) is 1.79.